The normalized spacial score (nSPS) is 19.2. The van der Waals surface area contributed by atoms with E-state index in [9.17, 15) is 4.79 Å². The minimum absolute atomic E-state index is 0.278. The van der Waals surface area contributed by atoms with Gasteiger partial charge in [-0.05, 0) is 48.1 Å². The lowest BCUT2D eigenvalue weighted by molar-refractivity contribution is -0.147. The van der Waals surface area contributed by atoms with Crippen LogP contribution in [0.1, 0.15) is 18.5 Å². The van der Waals surface area contributed by atoms with Crippen LogP contribution in [-0.2, 0) is 9.53 Å². The van der Waals surface area contributed by atoms with Crippen molar-refractivity contribution in [1.82, 2.24) is 10.6 Å². The number of esters is 1. The van der Waals surface area contributed by atoms with Crippen molar-refractivity contribution < 1.29 is 19.0 Å². The SMILES string of the molecule is C=C1NC(=S)NC(c2c(OC)ccc3ccc(OC)cc23)C1C(=O)OCC. The Labute approximate surface area is 163 Å². The van der Waals surface area contributed by atoms with E-state index in [1.54, 1.807) is 21.1 Å². The molecule has 3 rings (SSSR count). The molecule has 1 aliphatic heterocycles. The van der Waals surface area contributed by atoms with Crippen LogP contribution in [0.5, 0.6) is 11.5 Å². The Bertz CT molecular complexity index is 907. The highest BCUT2D eigenvalue weighted by atomic mass is 32.1. The monoisotopic (exact) mass is 386 g/mol. The fourth-order valence-corrected chi connectivity index (χ4v) is 3.62. The topological polar surface area (TPSA) is 68.8 Å². The molecule has 6 nitrogen and oxygen atoms in total. The van der Waals surface area contributed by atoms with E-state index >= 15 is 0 Å². The first-order valence-electron chi connectivity index (χ1n) is 8.57. The van der Waals surface area contributed by atoms with Gasteiger partial charge in [0.25, 0.3) is 0 Å². The molecule has 0 aromatic heterocycles. The highest BCUT2D eigenvalue weighted by Gasteiger charge is 2.39. The molecule has 0 radical (unpaired) electrons. The maximum Gasteiger partial charge on any atom is 0.317 e. The molecule has 27 heavy (non-hydrogen) atoms. The van der Waals surface area contributed by atoms with Crippen molar-refractivity contribution in [1.29, 1.82) is 0 Å². The van der Waals surface area contributed by atoms with Gasteiger partial charge in [-0.25, -0.2) is 0 Å². The highest BCUT2D eigenvalue weighted by Crippen LogP contribution is 2.41. The van der Waals surface area contributed by atoms with E-state index in [1.807, 2.05) is 30.3 Å². The van der Waals surface area contributed by atoms with Crippen LogP contribution >= 0.6 is 12.2 Å². The number of benzene rings is 2. The zero-order valence-electron chi connectivity index (χ0n) is 15.5. The van der Waals surface area contributed by atoms with Crippen LogP contribution in [0.4, 0.5) is 0 Å². The maximum atomic E-state index is 12.7. The summed E-state index contributed by atoms with van der Waals surface area (Å²) in [6.07, 6.45) is 0. The van der Waals surface area contributed by atoms with Crippen molar-refractivity contribution in [3.63, 3.8) is 0 Å². The Balaban J connectivity index is 2.23. The summed E-state index contributed by atoms with van der Waals surface area (Å²) in [5, 5.41) is 8.42. The predicted octanol–water partition coefficient (Wildman–Crippen LogP) is 3.07. The molecule has 0 bridgehead atoms. The summed E-state index contributed by atoms with van der Waals surface area (Å²) in [6, 6.07) is 9.12. The molecule has 2 aromatic rings. The quantitative estimate of drug-likeness (QED) is 0.605. The molecule has 0 aliphatic carbocycles. The first-order valence-corrected chi connectivity index (χ1v) is 8.98. The fourth-order valence-electron chi connectivity index (χ4n) is 3.36. The summed E-state index contributed by atoms with van der Waals surface area (Å²) in [7, 11) is 3.21. The van der Waals surface area contributed by atoms with E-state index in [1.165, 1.54) is 0 Å². The molecule has 1 heterocycles. The minimum atomic E-state index is -0.664. The number of carbonyl (C=O) groups is 1. The third-order valence-electron chi connectivity index (χ3n) is 4.57. The molecular weight excluding hydrogens is 364 g/mol. The molecule has 1 aliphatic rings. The summed E-state index contributed by atoms with van der Waals surface area (Å²) in [4.78, 5) is 12.7. The van der Waals surface area contributed by atoms with Crippen molar-refractivity contribution in [2.75, 3.05) is 20.8 Å². The Hall–Kier alpha value is -2.80. The number of fused-ring (bicyclic) bond motifs is 1. The van der Waals surface area contributed by atoms with Crippen molar-refractivity contribution in [3.8, 4) is 11.5 Å². The number of rotatable bonds is 5. The average Bonchev–Trinajstić information content (AvgIpc) is 2.65. The smallest absolute Gasteiger partial charge is 0.317 e. The van der Waals surface area contributed by atoms with Crippen molar-refractivity contribution in [2.24, 2.45) is 5.92 Å². The molecule has 1 fully saturated rings. The Kier molecular flexibility index (Phi) is 5.51. The second-order valence-corrected chi connectivity index (χ2v) is 6.51. The van der Waals surface area contributed by atoms with E-state index in [-0.39, 0.29) is 12.6 Å². The van der Waals surface area contributed by atoms with Gasteiger partial charge >= 0.3 is 5.97 Å². The van der Waals surface area contributed by atoms with Crippen LogP contribution in [0.25, 0.3) is 10.8 Å². The van der Waals surface area contributed by atoms with Gasteiger partial charge in [0, 0.05) is 11.3 Å². The largest absolute Gasteiger partial charge is 0.497 e. The Morgan fingerprint density at radius 3 is 2.63 bits per heavy atom. The fraction of sp³-hybridized carbons (Fsp3) is 0.300. The third kappa shape index (κ3) is 3.55. The minimum Gasteiger partial charge on any atom is -0.497 e. The molecule has 0 saturated carbocycles. The van der Waals surface area contributed by atoms with Gasteiger partial charge < -0.3 is 24.8 Å². The molecule has 2 atom stereocenters. The van der Waals surface area contributed by atoms with Crippen LogP contribution in [0.3, 0.4) is 0 Å². The van der Waals surface area contributed by atoms with E-state index in [2.05, 4.69) is 17.2 Å². The summed E-state index contributed by atoms with van der Waals surface area (Å²) in [5.74, 6) is 0.305. The molecule has 2 N–H and O–H groups in total. The molecule has 7 heteroatoms. The first kappa shape index (κ1) is 19.0. The van der Waals surface area contributed by atoms with E-state index in [0.717, 1.165) is 16.3 Å². The van der Waals surface area contributed by atoms with Gasteiger partial charge in [-0.15, -0.1) is 0 Å². The summed E-state index contributed by atoms with van der Waals surface area (Å²) in [5.41, 5.74) is 1.29. The number of hydrogen-bond acceptors (Lipinski definition) is 5. The number of hydrogen-bond donors (Lipinski definition) is 2. The van der Waals surface area contributed by atoms with Gasteiger partial charge in [0.2, 0.25) is 0 Å². The lowest BCUT2D eigenvalue weighted by atomic mass is 9.86. The Morgan fingerprint density at radius 1 is 1.22 bits per heavy atom. The maximum absolute atomic E-state index is 12.7. The summed E-state index contributed by atoms with van der Waals surface area (Å²) in [6.45, 7) is 6.04. The zero-order chi connectivity index (χ0) is 19.6. The molecular formula is C20H22N2O4S. The molecule has 0 amide bonds. The van der Waals surface area contributed by atoms with Gasteiger partial charge in [-0.2, -0.15) is 0 Å². The van der Waals surface area contributed by atoms with Crippen LogP contribution < -0.4 is 20.1 Å². The third-order valence-corrected chi connectivity index (χ3v) is 4.79. The van der Waals surface area contributed by atoms with Crippen LogP contribution in [0.2, 0.25) is 0 Å². The summed E-state index contributed by atoms with van der Waals surface area (Å²) < 4.78 is 16.3. The highest BCUT2D eigenvalue weighted by molar-refractivity contribution is 7.80. The van der Waals surface area contributed by atoms with Gasteiger partial charge in [0.15, 0.2) is 5.11 Å². The van der Waals surface area contributed by atoms with Gasteiger partial charge in [0.05, 0.1) is 26.9 Å². The molecule has 2 unspecified atom stereocenters. The number of nitrogens with one attached hydrogen (secondary N) is 2. The van der Waals surface area contributed by atoms with Crippen molar-refractivity contribution in [2.45, 2.75) is 13.0 Å². The Morgan fingerprint density at radius 2 is 1.96 bits per heavy atom. The van der Waals surface area contributed by atoms with Crippen molar-refractivity contribution >= 4 is 34.1 Å². The molecule has 0 spiro atoms. The second-order valence-electron chi connectivity index (χ2n) is 6.10. The van der Waals surface area contributed by atoms with Gasteiger partial charge in [0.1, 0.15) is 17.4 Å². The number of ether oxygens (including phenoxy) is 3. The number of thiocarbonyl (C=S) groups is 1. The average molecular weight is 386 g/mol. The van der Waals surface area contributed by atoms with E-state index < -0.39 is 12.0 Å². The summed E-state index contributed by atoms with van der Waals surface area (Å²) >= 11 is 5.31. The van der Waals surface area contributed by atoms with Gasteiger partial charge in [-0.1, -0.05) is 18.7 Å². The van der Waals surface area contributed by atoms with Gasteiger partial charge in [-0.3, -0.25) is 4.79 Å². The molecule has 2 aromatic carbocycles. The lowest BCUT2D eigenvalue weighted by Gasteiger charge is -2.36. The second kappa shape index (κ2) is 7.84. The number of carbonyl (C=O) groups excluding carboxylic acids is 1. The van der Waals surface area contributed by atoms with E-state index in [0.29, 0.717) is 22.3 Å². The standard InChI is InChI=1S/C20H22N2O4S/c1-5-26-19(23)16-11(2)21-20(27)22-18(16)17-14-10-13(24-3)8-6-12(14)7-9-15(17)25-4/h6-10,16,18H,2,5H2,1,3-4H3,(H2,21,22,27). The molecule has 1 saturated heterocycles. The van der Waals surface area contributed by atoms with Crippen molar-refractivity contribution in [3.05, 3.63) is 48.2 Å². The zero-order valence-corrected chi connectivity index (χ0v) is 16.3. The van der Waals surface area contributed by atoms with Crippen LogP contribution in [0, 0.1) is 5.92 Å². The first-order chi connectivity index (χ1) is 13.0. The predicted molar refractivity (Wildman–Crippen MR) is 108 cm³/mol. The molecule has 142 valence electrons. The lowest BCUT2D eigenvalue weighted by Crippen LogP contribution is -2.51. The van der Waals surface area contributed by atoms with Crippen LogP contribution in [0.15, 0.2) is 42.6 Å². The number of methoxy groups -OCH3 is 2. The van der Waals surface area contributed by atoms with Crippen LogP contribution in [-0.4, -0.2) is 31.9 Å². The van der Waals surface area contributed by atoms with E-state index in [4.69, 9.17) is 26.4 Å².